The lowest BCUT2D eigenvalue weighted by molar-refractivity contribution is 0.284. The van der Waals surface area contributed by atoms with Crippen LogP contribution in [0.15, 0.2) is 42.5 Å². The first-order valence-corrected chi connectivity index (χ1v) is 6.35. The van der Waals surface area contributed by atoms with Crippen molar-refractivity contribution in [2.75, 3.05) is 7.11 Å². The lowest BCUT2D eigenvalue weighted by Gasteiger charge is -2.13. The van der Waals surface area contributed by atoms with Gasteiger partial charge in [-0.05, 0) is 23.3 Å². The Hall–Kier alpha value is -1.71. The molecule has 100 valence electrons. The van der Waals surface area contributed by atoms with E-state index in [0.717, 1.165) is 11.1 Å². The maximum atomic E-state index is 6.20. The van der Waals surface area contributed by atoms with Crippen LogP contribution in [0.5, 0.6) is 11.5 Å². The zero-order valence-corrected chi connectivity index (χ0v) is 11.5. The summed E-state index contributed by atoms with van der Waals surface area (Å²) in [7, 11) is 1.58. The zero-order valence-electron chi connectivity index (χ0n) is 10.7. The highest BCUT2D eigenvalue weighted by Crippen LogP contribution is 2.36. The van der Waals surface area contributed by atoms with E-state index in [1.807, 2.05) is 36.4 Å². The van der Waals surface area contributed by atoms with Gasteiger partial charge in [0.1, 0.15) is 6.61 Å². The minimum Gasteiger partial charge on any atom is -0.493 e. The van der Waals surface area contributed by atoms with E-state index in [4.69, 9.17) is 26.8 Å². The van der Waals surface area contributed by atoms with Crippen LogP contribution in [0.1, 0.15) is 11.1 Å². The van der Waals surface area contributed by atoms with Crippen LogP contribution in [0.25, 0.3) is 0 Å². The molecule has 0 saturated heterocycles. The fourth-order valence-electron chi connectivity index (χ4n) is 1.76. The maximum Gasteiger partial charge on any atom is 0.180 e. The molecule has 0 amide bonds. The molecule has 3 nitrogen and oxygen atoms in total. The molecule has 0 radical (unpaired) electrons. The third-order valence-electron chi connectivity index (χ3n) is 2.75. The Balaban J connectivity index is 2.20. The molecule has 2 aromatic rings. The zero-order chi connectivity index (χ0) is 13.7. The van der Waals surface area contributed by atoms with Gasteiger partial charge >= 0.3 is 0 Å². The number of methoxy groups -OCH3 is 1. The predicted molar refractivity (Wildman–Crippen MR) is 76.7 cm³/mol. The molecule has 2 N–H and O–H groups in total. The van der Waals surface area contributed by atoms with Gasteiger partial charge < -0.3 is 15.2 Å². The van der Waals surface area contributed by atoms with Crippen molar-refractivity contribution in [1.29, 1.82) is 0 Å². The molecule has 0 aliphatic rings. The summed E-state index contributed by atoms with van der Waals surface area (Å²) in [6, 6.07) is 13.5. The molecule has 0 atom stereocenters. The quantitative estimate of drug-likeness (QED) is 0.911. The molecule has 0 saturated carbocycles. The Morgan fingerprint density at radius 2 is 1.84 bits per heavy atom. The van der Waals surface area contributed by atoms with Gasteiger partial charge in [-0.2, -0.15) is 0 Å². The van der Waals surface area contributed by atoms with Gasteiger partial charge in [0.05, 0.1) is 12.1 Å². The molecule has 19 heavy (non-hydrogen) atoms. The second kappa shape index (κ2) is 6.45. The van der Waals surface area contributed by atoms with Crippen LogP contribution < -0.4 is 15.2 Å². The van der Waals surface area contributed by atoms with E-state index in [-0.39, 0.29) is 0 Å². The Morgan fingerprint density at radius 3 is 2.47 bits per heavy atom. The molecule has 0 spiro atoms. The van der Waals surface area contributed by atoms with Gasteiger partial charge in [0.25, 0.3) is 0 Å². The van der Waals surface area contributed by atoms with Crippen molar-refractivity contribution in [2.45, 2.75) is 13.2 Å². The second-order valence-corrected chi connectivity index (χ2v) is 4.49. The van der Waals surface area contributed by atoms with Gasteiger partial charge in [0.15, 0.2) is 11.5 Å². The average Bonchev–Trinajstić information content (AvgIpc) is 2.46. The fraction of sp³-hybridized carbons (Fsp3) is 0.200. The summed E-state index contributed by atoms with van der Waals surface area (Å²) < 4.78 is 11.0. The molecule has 0 fully saturated rings. The molecule has 0 unspecified atom stereocenters. The molecule has 0 aliphatic heterocycles. The number of hydrogen-bond donors (Lipinski definition) is 1. The third kappa shape index (κ3) is 3.40. The van der Waals surface area contributed by atoms with Gasteiger partial charge in [-0.1, -0.05) is 41.9 Å². The number of rotatable bonds is 5. The van der Waals surface area contributed by atoms with Gasteiger partial charge in [0, 0.05) is 6.54 Å². The van der Waals surface area contributed by atoms with Crippen LogP contribution in [0.2, 0.25) is 5.02 Å². The number of hydrogen-bond acceptors (Lipinski definition) is 3. The Kier molecular flexibility index (Phi) is 4.66. The van der Waals surface area contributed by atoms with Gasteiger partial charge in [-0.25, -0.2) is 0 Å². The molecule has 0 bridgehead atoms. The first-order valence-electron chi connectivity index (χ1n) is 5.97. The Bertz CT molecular complexity index is 543. The van der Waals surface area contributed by atoms with E-state index >= 15 is 0 Å². The molecule has 0 heterocycles. The number of halogens is 1. The van der Waals surface area contributed by atoms with Crippen molar-refractivity contribution in [3.8, 4) is 11.5 Å². The summed E-state index contributed by atoms with van der Waals surface area (Å²) in [6.07, 6.45) is 0. The summed E-state index contributed by atoms with van der Waals surface area (Å²) >= 11 is 6.20. The van der Waals surface area contributed by atoms with Crippen molar-refractivity contribution < 1.29 is 9.47 Å². The van der Waals surface area contributed by atoms with Crippen molar-refractivity contribution >= 4 is 11.6 Å². The summed E-state index contributed by atoms with van der Waals surface area (Å²) in [5.41, 5.74) is 7.59. The first-order chi connectivity index (χ1) is 9.24. The lowest BCUT2D eigenvalue weighted by atomic mass is 10.2. The SMILES string of the molecule is COc1cc(CN)cc(Cl)c1OCc1ccccc1. The minimum atomic E-state index is 0.412. The smallest absolute Gasteiger partial charge is 0.180 e. The normalized spacial score (nSPS) is 10.3. The van der Waals surface area contributed by atoms with Crippen LogP contribution in [0.3, 0.4) is 0 Å². The van der Waals surface area contributed by atoms with E-state index < -0.39 is 0 Å². The van der Waals surface area contributed by atoms with Crippen LogP contribution in [-0.4, -0.2) is 7.11 Å². The van der Waals surface area contributed by atoms with Crippen molar-refractivity contribution in [3.05, 3.63) is 58.6 Å². The molecular formula is C15H16ClNO2. The standard InChI is InChI=1S/C15H16ClNO2/c1-18-14-8-12(9-17)7-13(16)15(14)19-10-11-5-3-2-4-6-11/h2-8H,9-10,17H2,1H3. The van der Waals surface area contributed by atoms with Gasteiger partial charge in [0.2, 0.25) is 0 Å². The summed E-state index contributed by atoms with van der Waals surface area (Å²) in [4.78, 5) is 0. The molecular weight excluding hydrogens is 262 g/mol. The predicted octanol–water partition coefficient (Wildman–Crippen LogP) is 3.39. The summed E-state index contributed by atoms with van der Waals surface area (Å²) in [6.45, 7) is 0.855. The Labute approximate surface area is 117 Å². The topological polar surface area (TPSA) is 44.5 Å². The summed E-state index contributed by atoms with van der Waals surface area (Å²) in [5.74, 6) is 1.15. The fourth-order valence-corrected chi connectivity index (χ4v) is 2.05. The number of ether oxygens (including phenoxy) is 2. The van der Waals surface area contributed by atoms with Crippen molar-refractivity contribution in [1.82, 2.24) is 0 Å². The van der Waals surface area contributed by atoms with E-state index in [9.17, 15) is 0 Å². The maximum absolute atomic E-state index is 6.20. The lowest BCUT2D eigenvalue weighted by Crippen LogP contribution is -2.01. The minimum absolute atomic E-state index is 0.412. The second-order valence-electron chi connectivity index (χ2n) is 4.09. The molecule has 4 heteroatoms. The van der Waals surface area contributed by atoms with Gasteiger partial charge in [-0.3, -0.25) is 0 Å². The molecule has 0 aliphatic carbocycles. The Morgan fingerprint density at radius 1 is 1.11 bits per heavy atom. The highest BCUT2D eigenvalue weighted by molar-refractivity contribution is 6.32. The molecule has 2 rings (SSSR count). The molecule has 2 aromatic carbocycles. The van der Waals surface area contributed by atoms with Crippen LogP contribution in [0.4, 0.5) is 0 Å². The van der Waals surface area contributed by atoms with E-state index in [1.165, 1.54) is 0 Å². The van der Waals surface area contributed by atoms with E-state index in [2.05, 4.69) is 0 Å². The van der Waals surface area contributed by atoms with E-state index in [1.54, 1.807) is 13.2 Å². The average molecular weight is 278 g/mol. The molecule has 0 aromatic heterocycles. The monoisotopic (exact) mass is 277 g/mol. The first kappa shape index (κ1) is 13.7. The largest absolute Gasteiger partial charge is 0.493 e. The van der Waals surface area contributed by atoms with Gasteiger partial charge in [-0.15, -0.1) is 0 Å². The van der Waals surface area contributed by atoms with Crippen LogP contribution in [0, 0.1) is 0 Å². The van der Waals surface area contributed by atoms with Crippen LogP contribution in [-0.2, 0) is 13.2 Å². The highest BCUT2D eigenvalue weighted by atomic mass is 35.5. The number of nitrogens with two attached hydrogens (primary N) is 1. The van der Waals surface area contributed by atoms with E-state index in [0.29, 0.717) is 29.7 Å². The van der Waals surface area contributed by atoms with Crippen molar-refractivity contribution in [2.24, 2.45) is 5.73 Å². The highest BCUT2D eigenvalue weighted by Gasteiger charge is 2.11. The van der Waals surface area contributed by atoms with Crippen LogP contribution >= 0.6 is 11.6 Å². The summed E-state index contributed by atoms with van der Waals surface area (Å²) in [5, 5.41) is 0.510. The van der Waals surface area contributed by atoms with Crippen molar-refractivity contribution in [3.63, 3.8) is 0 Å². The third-order valence-corrected chi connectivity index (χ3v) is 3.03. The number of benzene rings is 2.